The number of carbonyl (C=O) groups excluding carboxylic acids is 2. The van der Waals surface area contributed by atoms with Crippen molar-refractivity contribution in [3.63, 3.8) is 0 Å². The minimum atomic E-state index is -0.982. The molecule has 0 amide bonds. The molecule has 1 saturated carbocycles. The average molecular weight is 565 g/mol. The van der Waals surface area contributed by atoms with Crippen molar-refractivity contribution in [1.29, 1.82) is 0 Å². The summed E-state index contributed by atoms with van der Waals surface area (Å²) >= 11 is 0. The summed E-state index contributed by atoms with van der Waals surface area (Å²) in [5.41, 5.74) is 2.96. The maximum absolute atomic E-state index is 12.7. The van der Waals surface area contributed by atoms with E-state index in [4.69, 9.17) is 0 Å². The Kier molecular flexibility index (Phi) is 7.77. The number of non-ortho nitro benzene ring substituents is 2. The number of nitrogens with one attached hydrogen (secondary N) is 2. The van der Waals surface area contributed by atoms with Crippen LogP contribution in [0.2, 0.25) is 0 Å². The van der Waals surface area contributed by atoms with Gasteiger partial charge >= 0.3 is 0 Å². The maximum Gasteiger partial charge on any atom is 0.269 e. The number of benzene rings is 4. The molecule has 2 N–H and O–H groups in total. The van der Waals surface area contributed by atoms with E-state index in [9.17, 15) is 29.8 Å². The second kappa shape index (κ2) is 11.9. The highest BCUT2D eigenvalue weighted by atomic mass is 16.6. The number of nitro groups is 2. The van der Waals surface area contributed by atoms with E-state index >= 15 is 0 Å². The zero-order valence-electron chi connectivity index (χ0n) is 21.5. The molecule has 0 bridgehead atoms. The molecule has 1 aliphatic carbocycles. The summed E-state index contributed by atoms with van der Waals surface area (Å²) in [5.74, 6) is -0.604. The second-order valence-electron chi connectivity index (χ2n) is 9.00. The molecule has 0 aromatic heterocycles. The third-order valence-corrected chi connectivity index (χ3v) is 6.18. The van der Waals surface area contributed by atoms with Crippen LogP contribution in [0.25, 0.3) is 0 Å². The van der Waals surface area contributed by atoms with Crippen LogP contribution in [0.15, 0.2) is 118 Å². The van der Waals surface area contributed by atoms with Gasteiger partial charge in [-0.15, -0.1) is 0 Å². The fourth-order valence-corrected chi connectivity index (χ4v) is 3.90. The molecule has 1 aliphatic rings. The van der Waals surface area contributed by atoms with Crippen molar-refractivity contribution in [3.8, 4) is 0 Å². The first-order valence-corrected chi connectivity index (χ1v) is 12.4. The molecule has 208 valence electrons. The van der Waals surface area contributed by atoms with Gasteiger partial charge in [-0.2, -0.15) is 20.5 Å². The molecular weight excluding hydrogens is 544 g/mol. The molecule has 0 spiro atoms. The largest absolute Gasteiger partial charge is 0.369 e. The van der Waals surface area contributed by atoms with Crippen molar-refractivity contribution in [3.05, 3.63) is 117 Å². The van der Waals surface area contributed by atoms with Crippen LogP contribution in [0.3, 0.4) is 0 Å². The first-order valence-electron chi connectivity index (χ1n) is 12.4. The molecule has 0 unspecified atom stereocenters. The molecule has 42 heavy (non-hydrogen) atoms. The van der Waals surface area contributed by atoms with Crippen LogP contribution in [0.5, 0.6) is 0 Å². The standard InChI is InChI=1S/C28H20N8O6/c37-27-25(29-17-1-5-19(6-2-17)31-33-21-9-13-23(14-10-21)35(39)40)28(38)26(27)30-18-3-7-20(8-4-18)32-34-22-11-15-24(16-12-22)36(41)42/h1-16,25-26,29-30H. The van der Waals surface area contributed by atoms with Crippen LogP contribution >= 0.6 is 0 Å². The number of anilines is 2. The highest BCUT2D eigenvalue weighted by Gasteiger charge is 2.49. The second-order valence-corrected chi connectivity index (χ2v) is 9.00. The Hall–Kier alpha value is -6.18. The Balaban J connectivity index is 1.12. The lowest BCUT2D eigenvalue weighted by Gasteiger charge is -2.33. The molecular formula is C28H20N8O6. The van der Waals surface area contributed by atoms with Gasteiger partial charge in [0.25, 0.3) is 11.4 Å². The number of azo groups is 2. The van der Waals surface area contributed by atoms with E-state index in [1.807, 2.05) is 0 Å². The van der Waals surface area contributed by atoms with Gasteiger partial charge in [0.1, 0.15) is 12.1 Å². The number of carbonyl (C=O) groups is 2. The van der Waals surface area contributed by atoms with Gasteiger partial charge < -0.3 is 10.6 Å². The first kappa shape index (κ1) is 27.4. The molecule has 0 aliphatic heterocycles. The van der Waals surface area contributed by atoms with E-state index < -0.39 is 21.9 Å². The predicted octanol–water partition coefficient (Wildman–Crippen LogP) is 6.75. The molecule has 0 radical (unpaired) electrons. The summed E-state index contributed by atoms with van der Waals surface area (Å²) in [6.45, 7) is 0. The smallest absolute Gasteiger partial charge is 0.269 e. The lowest BCUT2D eigenvalue weighted by atomic mass is 9.83. The quantitative estimate of drug-likeness (QED) is 0.0913. The van der Waals surface area contributed by atoms with E-state index in [0.717, 1.165) is 0 Å². The van der Waals surface area contributed by atoms with E-state index in [2.05, 4.69) is 31.1 Å². The van der Waals surface area contributed by atoms with Crippen molar-refractivity contribution < 1.29 is 19.4 Å². The van der Waals surface area contributed by atoms with Crippen molar-refractivity contribution in [2.45, 2.75) is 12.1 Å². The fourth-order valence-electron chi connectivity index (χ4n) is 3.90. The Morgan fingerprint density at radius 1 is 0.476 bits per heavy atom. The average Bonchev–Trinajstić information content (AvgIpc) is 3.01. The van der Waals surface area contributed by atoms with E-state index in [0.29, 0.717) is 34.1 Å². The van der Waals surface area contributed by atoms with Crippen molar-refractivity contribution >= 4 is 57.1 Å². The van der Waals surface area contributed by atoms with Gasteiger partial charge in [-0.1, -0.05) is 0 Å². The summed E-state index contributed by atoms with van der Waals surface area (Å²) in [6, 6.07) is 22.6. The first-order chi connectivity index (χ1) is 20.3. The number of nitro benzene ring substituents is 2. The van der Waals surface area contributed by atoms with Crippen LogP contribution in [0, 0.1) is 20.2 Å². The fraction of sp³-hybridized carbons (Fsp3) is 0.0714. The van der Waals surface area contributed by atoms with Crippen LogP contribution in [-0.4, -0.2) is 33.5 Å². The molecule has 0 saturated heterocycles. The molecule has 4 aromatic rings. The van der Waals surface area contributed by atoms with Crippen LogP contribution in [-0.2, 0) is 9.59 Å². The normalized spacial score (nSPS) is 16.4. The van der Waals surface area contributed by atoms with E-state index in [-0.39, 0.29) is 22.9 Å². The monoisotopic (exact) mass is 564 g/mol. The predicted molar refractivity (Wildman–Crippen MR) is 152 cm³/mol. The summed E-state index contributed by atoms with van der Waals surface area (Å²) in [5, 5.41) is 43.6. The third-order valence-electron chi connectivity index (χ3n) is 6.18. The van der Waals surface area contributed by atoms with E-state index in [1.54, 1.807) is 48.5 Å². The van der Waals surface area contributed by atoms with Crippen molar-refractivity contribution in [2.24, 2.45) is 20.5 Å². The molecule has 5 rings (SSSR count). The van der Waals surface area contributed by atoms with Gasteiger partial charge in [0.15, 0.2) is 11.6 Å². The number of nitrogens with zero attached hydrogens (tertiary/aromatic N) is 6. The third kappa shape index (κ3) is 6.34. The van der Waals surface area contributed by atoms with Gasteiger partial charge in [0.2, 0.25) is 0 Å². The zero-order chi connectivity index (χ0) is 29.6. The van der Waals surface area contributed by atoms with Crippen molar-refractivity contribution in [2.75, 3.05) is 10.6 Å². The number of hydrogen-bond acceptors (Lipinski definition) is 12. The van der Waals surface area contributed by atoms with Crippen LogP contribution < -0.4 is 10.6 Å². The van der Waals surface area contributed by atoms with Gasteiger partial charge in [0.05, 0.1) is 32.6 Å². The lowest BCUT2D eigenvalue weighted by molar-refractivity contribution is -0.385. The zero-order valence-corrected chi connectivity index (χ0v) is 21.5. The summed E-state index contributed by atoms with van der Waals surface area (Å²) in [4.78, 5) is 45.8. The molecule has 14 heteroatoms. The Morgan fingerprint density at radius 3 is 1.00 bits per heavy atom. The highest BCUT2D eigenvalue weighted by molar-refractivity contribution is 6.33. The Morgan fingerprint density at radius 2 is 0.738 bits per heavy atom. The molecule has 14 nitrogen and oxygen atoms in total. The molecule has 0 atom stereocenters. The molecule has 0 heterocycles. The maximum atomic E-state index is 12.7. The van der Waals surface area contributed by atoms with Crippen LogP contribution in [0.1, 0.15) is 0 Å². The number of hydrogen-bond donors (Lipinski definition) is 2. The summed E-state index contributed by atoms with van der Waals surface area (Å²) < 4.78 is 0. The van der Waals surface area contributed by atoms with Gasteiger partial charge in [-0.05, 0) is 72.8 Å². The van der Waals surface area contributed by atoms with Crippen LogP contribution in [0.4, 0.5) is 45.5 Å². The minimum absolute atomic E-state index is 0.0409. The number of Topliss-reactive ketones (excluding diaryl/α,β-unsaturated/α-hetero) is 2. The number of rotatable bonds is 10. The minimum Gasteiger partial charge on any atom is -0.369 e. The topological polar surface area (TPSA) is 194 Å². The SMILES string of the molecule is O=C1C(Nc2ccc(N=Nc3ccc([N+](=O)[O-])cc3)cc2)C(=O)C1Nc1ccc(N=Nc2ccc([N+](=O)[O-])cc2)cc1. The molecule has 4 aromatic carbocycles. The Labute approximate surface area is 237 Å². The van der Waals surface area contributed by atoms with Gasteiger partial charge in [-0.3, -0.25) is 29.8 Å². The number of ketones is 2. The van der Waals surface area contributed by atoms with E-state index in [1.165, 1.54) is 48.5 Å². The summed E-state index contributed by atoms with van der Waals surface area (Å²) in [7, 11) is 0. The highest BCUT2D eigenvalue weighted by Crippen LogP contribution is 2.27. The Bertz CT molecular complexity index is 1560. The molecule has 1 fully saturated rings. The van der Waals surface area contributed by atoms with Gasteiger partial charge in [-0.25, -0.2) is 0 Å². The summed E-state index contributed by atoms with van der Waals surface area (Å²) in [6.07, 6.45) is 0. The van der Waals surface area contributed by atoms with Crippen molar-refractivity contribution in [1.82, 2.24) is 0 Å². The lowest BCUT2D eigenvalue weighted by Crippen LogP contribution is -2.64. The van der Waals surface area contributed by atoms with Gasteiger partial charge in [0, 0.05) is 35.6 Å².